The Labute approximate surface area is 266 Å². The Morgan fingerprint density at radius 1 is 0.977 bits per heavy atom. The Balaban J connectivity index is 2.11. The zero-order valence-electron chi connectivity index (χ0n) is 26.3. The van der Waals surface area contributed by atoms with Gasteiger partial charge < -0.3 is 19.7 Å². The number of benzene rings is 3. The predicted octanol–water partition coefficient (Wildman–Crippen LogP) is 5.59. The lowest BCUT2D eigenvalue weighted by atomic mass is 10.1. The number of thioether (sulfide) groups is 1. The van der Waals surface area contributed by atoms with Gasteiger partial charge in [-0.25, -0.2) is 8.42 Å². The molecule has 0 aliphatic rings. The molecule has 0 radical (unpaired) electrons. The fraction of sp³-hybridized carbons (Fsp3) is 0.394. The highest BCUT2D eigenvalue weighted by Crippen LogP contribution is 2.33. The molecule has 0 saturated heterocycles. The van der Waals surface area contributed by atoms with E-state index in [0.29, 0.717) is 31.1 Å². The lowest BCUT2D eigenvalue weighted by Crippen LogP contribution is -2.52. The standard InChI is InChI=1S/C33H43N3O6S2/c1-7-29(33(38)34-21-24(3)4)35(22-25-12-11-13-26(20-25)41-5)32(37)23-36(30-14-9-10-15-31(30)42-8-2)44(39,40)28-18-16-27(43-6)17-19-28/h9-20,24,29H,7-8,21-23H2,1-6H3,(H,34,38)/t29-/m0/s1. The SMILES string of the molecule is CCOc1ccccc1N(CC(=O)N(Cc1cccc(OC)c1)[C@@H](CC)C(=O)NCC(C)C)S(=O)(=O)c1ccc(SC)cc1. The Kier molecular flexibility index (Phi) is 13.0. The summed E-state index contributed by atoms with van der Waals surface area (Å²) in [5, 5.41) is 2.94. The van der Waals surface area contributed by atoms with Crippen LogP contribution in [0.3, 0.4) is 0 Å². The van der Waals surface area contributed by atoms with E-state index in [1.54, 1.807) is 62.6 Å². The van der Waals surface area contributed by atoms with Gasteiger partial charge >= 0.3 is 0 Å². The van der Waals surface area contributed by atoms with E-state index in [1.165, 1.54) is 28.8 Å². The summed E-state index contributed by atoms with van der Waals surface area (Å²) in [6, 6.07) is 19.7. The number of para-hydroxylation sites is 2. The molecule has 0 saturated carbocycles. The number of nitrogens with zero attached hydrogens (tertiary/aromatic N) is 2. The van der Waals surface area contributed by atoms with E-state index in [1.807, 2.05) is 39.2 Å². The van der Waals surface area contributed by atoms with Gasteiger partial charge in [-0.2, -0.15) is 0 Å². The molecule has 0 bridgehead atoms. The molecule has 1 atom stereocenters. The van der Waals surface area contributed by atoms with Crippen LogP contribution in [0.5, 0.6) is 11.5 Å². The normalized spacial score (nSPS) is 12.0. The number of hydrogen-bond acceptors (Lipinski definition) is 7. The van der Waals surface area contributed by atoms with Crippen molar-refractivity contribution in [3.05, 3.63) is 78.4 Å². The van der Waals surface area contributed by atoms with E-state index in [0.717, 1.165) is 14.8 Å². The highest BCUT2D eigenvalue weighted by atomic mass is 32.2. The van der Waals surface area contributed by atoms with Gasteiger partial charge in [0.05, 0.1) is 24.3 Å². The summed E-state index contributed by atoms with van der Waals surface area (Å²) in [5.41, 5.74) is 0.972. The molecule has 0 fully saturated rings. The molecule has 3 aromatic rings. The quantitative estimate of drug-likeness (QED) is 0.203. The summed E-state index contributed by atoms with van der Waals surface area (Å²) in [4.78, 5) is 30.2. The first kappa shape index (κ1) is 34.8. The number of hydrogen-bond donors (Lipinski definition) is 1. The molecule has 11 heteroatoms. The fourth-order valence-electron chi connectivity index (χ4n) is 4.64. The van der Waals surface area contributed by atoms with Crippen molar-refractivity contribution in [2.45, 2.75) is 56.5 Å². The zero-order chi connectivity index (χ0) is 32.3. The first-order valence-electron chi connectivity index (χ1n) is 14.6. The maximum Gasteiger partial charge on any atom is 0.264 e. The van der Waals surface area contributed by atoms with Crippen LogP contribution in [0.1, 0.15) is 39.7 Å². The number of rotatable bonds is 16. The van der Waals surface area contributed by atoms with E-state index >= 15 is 0 Å². The van der Waals surface area contributed by atoms with Crippen molar-refractivity contribution in [1.82, 2.24) is 10.2 Å². The smallest absolute Gasteiger partial charge is 0.264 e. The van der Waals surface area contributed by atoms with Crippen molar-refractivity contribution < 1.29 is 27.5 Å². The molecule has 0 spiro atoms. The summed E-state index contributed by atoms with van der Waals surface area (Å²) in [6.45, 7) is 7.90. The molecule has 0 unspecified atom stereocenters. The highest BCUT2D eigenvalue weighted by molar-refractivity contribution is 7.98. The molecule has 9 nitrogen and oxygen atoms in total. The van der Waals surface area contributed by atoms with Crippen molar-refractivity contribution in [2.75, 3.05) is 37.4 Å². The molecular formula is C33H43N3O6S2. The minimum Gasteiger partial charge on any atom is -0.497 e. The van der Waals surface area contributed by atoms with Crippen LogP contribution in [-0.2, 0) is 26.2 Å². The molecule has 0 aromatic heterocycles. The van der Waals surface area contributed by atoms with Crippen LogP contribution in [0, 0.1) is 5.92 Å². The number of carbonyl (C=O) groups is 2. The van der Waals surface area contributed by atoms with E-state index in [9.17, 15) is 18.0 Å². The highest BCUT2D eigenvalue weighted by Gasteiger charge is 2.34. The Morgan fingerprint density at radius 2 is 1.68 bits per heavy atom. The Hall–Kier alpha value is -3.70. The van der Waals surface area contributed by atoms with E-state index in [-0.39, 0.29) is 29.0 Å². The van der Waals surface area contributed by atoms with E-state index < -0.39 is 28.5 Å². The molecule has 0 aliphatic carbocycles. The van der Waals surface area contributed by atoms with Gasteiger partial charge in [-0.05, 0) is 79.6 Å². The van der Waals surface area contributed by atoms with Crippen LogP contribution in [0.2, 0.25) is 0 Å². The van der Waals surface area contributed by atoms with Crippen molar-refractivity contribution in [3.8, 4) is 11.5 Å². The topological polar surface area (TPSA) is 105 Å². The summed E-state index contributed by atoms with van der Waals surface area (Å²) >= 11 is 1.50. The van der Waals surface area contributed by atoms with Gasteiger partial charge in [-0.15, -0.1) is 11.8 Å². The third-order valence-corrected chi connectivity index (χ3v) is 9.44. The average molecular weight is 642 g/mol. The number of amides is 2. The second-order valence-corrected chi connectivity index (χ2v) is 13.3. The number of nitrogens with one attached hydrogen (secondary N) is 1. The van der Waals surface area contributed by atoms with E-state index in [4.69, 9.17) is 9.47 Å². The van der Waals surface area contributed by atoms with Crippen LogP contribution in [0.4, 0.5) is 5.69 Å². The van der Waals surface area contributed by atoms with Gasteiger partial charge in [-0.3, -0.25) is 13.9 Å². The Bertz CT molecular complexity index is 1500. The second kappa shape index (κ2) is 16.4. The summed E-state index contributed by atoms with van der Waals surface area (Å²) in [5.74, 6) is 0.320. The van der Waals surface area contributed by atoms with Crippen LogP contribution >= 0.6 is 11.8 Å². The summed E-state index contributed by atoms with van der Waals surface area (Å²) < 4.78 is 40.7. The first-order valence-corrected chi connectivity index (χ1v) is 17.3. The maximum atomic E-state index is 14.3. The maximum absolute atomic E-state index is 14.3. The van der Waals surface area contributed by atoms with Crippen molar-refractivity contribution in [1.29, 1.82) is 0 Å². The van der Waals surface area contributed by atoms with Crippen LogP contribution in [-0.4, -0.2) is 64.2 Å². The molecule has 238 valence electrons. The number of carbonyl (C=O) groups excluding carboxylic acids is 2. The zero-order valence-corrected chi connectivity index (χ0v) is 27.9. The molecule has 3 rings (SSSR count). The molecular weight excluding hydrogens is 599 g/mol. The van der Waals surface area contributed by atoms with Gasteiger partial charge in [0.2, 0.25) is 11.8 Å². The number of anilines is 1. The van der Waals surface area contributed by atoms with Crippen LogP contribution in [0.25, 0.3) is 0 Å². The first-order chi connectivity index (χ1) is 21.0. The number of sulfonamides is 1. The monoisotopic (exact) mass is 641 g/mol. The van der Waals surface area contributed by atoms with Gasteiger partial charge in [0.1, 0.15) is 24.1 Å². The minimum atomic E-state index is -4.23. The molecule has 0 heterocycles. The average Bonchev–Trinajstić information content (AvgIpc) is 3.03. The van der Waals surface area contributed by atoms with E-state index in [2.05, 4.69) is 5.32 Å². The molecule has 0 aliphatic heterocycles. The lowest BCUT2D eigenvalue weighted by Gasteiger charge is -2.33. The molecule has 1 N–H and O–H groups in total. The van der Waals surface area contributed by atoms with Gasteiger partial charge in [-0.1, -0.05) is 45.0 Å². The predicted molar refractivity (Wildman–Crippen MR) is 176 cm³/mol. The number of methoxy groups -OCH3 is 1. The van der Waals surface area contributed by atoms with Crippen LogP contribution < -0.4 is 19.1 Å². The largest absolute Gasteiger partial charge is 0.497 e. The van der Waals surface area contributed by atoms with Crippen molar-refractivity contribution >= 4 is 39.3 Å². The third kappa shape index (κ3) is 8.92. The number of ether oxygens (including phenoxy) is 2. The summed E-state index contributed by atoms with van der Waals surface area (Å²) in [7, 11) is -2.67. The van der Waals surface area contributed by atoms with Gasteiger partial charge in [0.15, 0.2) is 0 Å². The third-order valence-electron chi connectivity index (χ3n) is 6.92. The minimum absolute atomic E-state index is 0.0375. The molecule has 44 heavy (non-hydrogen) atoms. The lowest BCUT2D eigenvalue weighted by molar-refractivity contribution is -0.140. The van der Waals surface area contributed by atoms with Gasteiger partial charge in [0.25, 0.3) is 10.0 Å². The van der Waals surface area contributed by atoms with Crippen molar-refractivity contribution in [3.63, 3.8) is 0 Å². The van der Waals surface area contributed by atoms with Crippen LogP contribution in [0.15, 0.2) is 82.6 Å². The second-order valence-electron chi connectivity index (χ2n) is 10.5. The van der Waals surface area contributed by atoms with Gasteiger partial charge in [0, 0.05) is 18.0 Å². The summed E-state index contributed by atoms with van der Waals surface area (Å²) in [6.07, 6.45) is 2.24. The fourth-order valence-corrected chi connectivity index (χ4v) is 6.47. The molecule has 3 aromatic carbocycles. The Morgan fingerprint density at radius 3 is 2.30 bits per heavy atom. The van der Waals surface area contributed by atoms with Crippen molar-refractivity contribution in [2.24, 2.45) is 5.92 Å². The molecule has 2 amide bonds.